The van der Waals surface area contributed by atoms with Crippen molar-refractivity contribution in [2.45, 2.75) is 17.5 Å². The molecule has 7 heteroatoms. The van der Waals surface area contributed by atoms with Crippen LogP contribution >= 0.6 is 11.3 Å². The molecule has 1 aromatic heterocycles. The number of ether oxygens (including phenoxy) is 1. The summed E-state index contributed by atoms with van der Waals surface area (Å²) in [5.74, 6) is -1.04. The Labute approximate surface area is 229 Å². The summed E-state index contributed by atoms with van der Waals surface area (Å²) in [7, 11) is 1.57. The van der Waals surface area contributed by atoms with E-state index in [0.717, 1.165) is 16.8 Å². The number of benzene rings is 3. The number of hydrogen-bond donors (Lipinski definition) is 1. The van der Waals surface area contributed by atoms with E-state index in [1.807, 2.05) is 77.0 Å². The molecule has 0 bridgehead atoms. The van der Waals surface area contributed by atoms with Gasteiger partial charge in [0, 0.05) is 16.9 Å². The van der Waals surface area contributed by atoms with Crippen LogP contribution in [0.4, 0.5) is 11.4 Å². The van der Waals surface area contributed by atoms with Crippen molar-refractivity contribution in [1.29, 1.82) is 0 Å². The molecule has 0 saturated carbocycles. The van der Waals surface area contributed by atoms with E-state index in [0.29, 0.717) is 21.9 Å². The first-order valence-corrected chi connectivity index (χ1v) is 13.7. The molecule has 192 valence electrons. The van der Waals surface area contributed by atoms with Crippen molar-refractivity contribution in [2.75, 3.05) is 17.3 Å². The van der Waals surface area contributed by atoms with Gasteiger partial charge in [-0.05, 0) is 59.0 Å². The number of carbonyl (C=O) groups is 3. The van der Waals surface area contributed by atoms with Gasteiger partial charge in [-0.2, -0.15) is 0 Å². The molecule has 39 heavy (non-hydrogen) atoms. The molecular formula is C32H24N2O4S. The average molecular weight is 533 g/mol. The fourth-order valence-corrected chi connectivity index (χ4v) is 7.32. The summed E-state index contributed by atoms with van der Waals surface area (Å²) < 4.78 is 5.31. The van der Waals surface area contributed by atoms with Gasteiger partial charge >= 0.3 is 0 Å². The van der Waals surface area contributed by atoms with Crippen molar-refractivity contribution in [3.63, 3.8) is 0 Å². The van der Waals surface area contributed by atoms with Crippen LogP contribution in [0.3, 0.4) is 0 Å². The van der Waals surface area contributed by atoms with Gasteiger partial charge in [0.2, 0.25) is 5.91 Å². The van der Waals surface area contributed by atoms with Crippen molar-refractivity contribution >= 4 is 46.3 Å². The highest BCUT2D eigenvalue weighted by atomic mass is 32.1. The molecule has 0 unspecified atom stereocenters. The molecule has 0 aliphatic carbocycles. The van der Waals surface area contributed by atoms with Crippen LogP contribution in [0.25, 0.3) is 6.08 Å². The molecule has 3 aliphatic heterocycles. The number of fused-ring (bicyclic) bond motifs is 6. The average Bonchev–Trinajstić information content (AvgIpc) is 3.69. The lowest BCUT2D eigenvalue weighted by atomic mass is 9.64. The molecule has 6 nitrogen and oxygen atoms in total. The second-order valence-corrected chi connectivity index (χ2v) is 10.9. The first-order valence-electron chi connectivity index (χ1n) is 12.8. The maximum atomic E-state index is 14.7. The Morgan fingerprint density at radius 1 is 0.923 bits per heavy atom. The monoisotopic (exact) mass is 532 g/mol. The van der Waals surface area contributed by atoms with Crippen molar-refractivity contribution in [3.8, 4) is 5.75 Å². The van der Waals surface area contributed by atoms with Crippen LogP contribution < -0.4 is 15.0 Å². The molecule has 4 aromatic rings. The Morgan fingerprint density at radius 2 is 1.69 bits per heavy atom. The quantitative estimate of drug-likeness (QED) is 0.338. The van der Waals surface area contributed by atoms with Gasteiger partial charge in [0.05, 0.1) is 23.9 Å². The lowest BCUT2D eigenvalue weighted by molar-refractivity contribution is -0.121. The Hall–Kier alpha value is -4.49. The van der Waals surface area contributed by atoms with Gasteiger partial charge in [0.25, 0.3) is 0 Å². The largest absolute Gasteiger partial charge is 0.497 e. The summed E-state index contributed by atoms with van der Waals surface area (Å²) in [5.41, 5.74) is 2.31. The van der Waals surface area contributed by atoms with Gasteiger partial charge in [-0.3, -0.25) is 14.4 Å². The molecule has 1 N–H and O–H groups in total. The molecule has 3 aromatic carbocycles. The standard InChI is InChI=1S/C32H24N2O4S/c1-38-21-15-12-20(13-16-21)29(35)27-28(30(36)25-11-6-18-39-25)34-24-10-5-2-7-19(24)14-17-26(34)32(27)22-8-3-4-9-23(22)33-31(32)37/h2-18,26-28H,1H3,(H,33,37)/t26-,27-,28+,32-/m0/s1. The predicted octanol–water partition coefficient (Wildman–Crippen LogP) is 5.61. The van der Waals surface area contributed by atoms with Crippen LogP contribution in [0.5, 0.6) is 5.75 Å². The van der Waals surface area contributed by atoms with Gasteiger partial charge in [0.1, 0.15) is 17.2 Å². The number of rotatable bonds is 5. The third-order valence-electron chi connectivity index (χ3n) is 8.23. The summed E-state index contributed by atoms with van der Waals surface area (Å²) in [5, 5.41) is 4.91. The van der Waals surface area contributed by atoms with E-state index in [1.54, 1.807) is 37.4 Å². The van der Waals surface area contributed by atoms with Gasteiger partial charge in [0.15, 0.2) is 11.6 Å². The van der Waals surface area contributed by atoms with Gasteiger partial charge < -0.3 is 15.0 Å². The number of ketones is 2. The Balaban J connectivity index is 1.52. The molecular weight excluding hydrogens is 508 g/mol. The maximum absolute atomic E-state index is 14.7. The topological polar surface area (TPSA) is 75.7 Å². The van der Waals surface area contributed by atoms with Crippen LogP contribution in [0, 0.1) is 5.92 Å². The fourth-order valence-electron chi connectivity index (χ4n) is 6.62. The lowest BCUT2D eigenvalue weighted by Gasteiger charge is -2.37. The summed E-state index contributed by atoms with van der Waals surface area (Å²) in [6.07, 6.45) is 3.99. The van der Waals surface area contributed by atoms with Crippen molar-refractivity contribution in [1.82, 2.24) is 0 Å². The molecule has 4 heterocycles. The molecule has 3 aliphatic rings. The normalized spacial score (nSPS) is 24.2. The zero-order valence-electron chi connectivity index (χ0n) is 21.0. The number of amides is 1. The molecule has 7 rings (SSSR count). The van der Waals surface area contributed by atoms with E-state index in [2.05, 4.69) is 5.32 Å². The highest BCUT2D eigenvalue weighted by Crippen LogP contribution is 2.58. The minimum absolute atomic E-state index is 0.166. The Morgan fingerprint density at radius 3 is 2.46 bits per heavy atom. The number of methoxy groups -OCH3 is 1. The zero-order chi connectivity index (χ0) is 26.7. The maximum Gasteiger partial charge on any atom is 0.238 e. The summed E-state index contributed by atoms with van der Waals surface area (Å²) in [4.78, 5) is 45.9. The number of para-hydroxylation sites is 2. The summed E-state index contributed by atoms with van der Waals surface area (Å²) in [6, 6.07) is 24.4. The van der Waals surface area contributed by atoms with E-state index >= 15 is 0 Å². The van der Waals surface area contributed by atoms with E-state index in [4.69, 9.17) is 4.74 Å². The number of carbonyl (C=O) groups excluding carboxylic acids is 3. The Kier molecular flexibility index (Phi) is 5.32. The molecule has 1 spiro atoms. The number of hydrogen-bond acceptors (Lipinski definition) is 6. The number of anilines is 2. The Bertz CT molecular complexity index is 1660. The number of nitrogens with one attached hydrogen (secondary N) is 1. The second kappa shape index (κ2) is 8.78. The smallest absolute Gasteiger partial charge is 0.238 e. The van der Waals surface area contributed by atoms with Crippen LogP contribution in [0.2, 0.25) is 0 Å². The summed E-state index contributed by atoms with van der Waals surface area (Å²) >= 11 is 1.35. The summed E-state index contributed by atoms with van der Waals surface area (Å²) in [6.45, 7) is 0. The number of nitrogens with zero attached hydrogens (tertiary/aromatic N) is 1. The van der Waals surface area contributed by atoms with E-state index in [9.17, 15) is 14.4 Å². The van der Waals surface area contributed by atoms with Crippen molar-refractivity contribution in [2.24, 2.45) is 5.92 Å². The van der Waals surface area contributed by atoms with Crippen molar-refractivity contribution < 1.29 is 19.1 Å². The van der Waals surface area contributed by atoms with Crippen LogP contribution in [0.1, 0.15) is 31.2 Å². The molecule has 1 fully saturated rings. The fraction of sp³-hybridized carbons (Fsp3) is 0.156. The van der Waals surface area contributed by atoms with Crippen LogP contribution in [-0.4, -0.2) is 36.7 Å². The molecule has 1 amide bonds. The second-order valence-electron chi connectivity index (χ2n) is 10.00. The van der Waals surface area contributed by atoms with Gasteiger partial charge in [-0.15, -0.1) is 11.3 Å². The minimum atomic E-state index is -1.31. The predicted molar refractivity (Wildman–Crippen MR) is 152 cm³/mol. The third-order valence-corrected chi connectivity index (χ3v) is 9.12. The van der Waals surface area contributed by atoms with E-state index < -0.39 is 23.4 Å². The lowest BCUT2D eigenvalue weighted by Crippen LogP contribution is -2.51. The highest BCUT2D eigenvalue weighted by Gasteiger charge is 2.70. The van der Waals surface area contributed by atoms with E-state index in [1.165, 1.54) is 11.3 Å². The van der Waals surface area contributed by atoms with E-state index in [-0.39, 0.29) is 17.5 Å². The molecule has 0 radical (unpaired) electrons. The highest BCUT2D eigenvalue weighted by molar-refractivity contribution is 7.12. The third kappa shape index (κ3) is 3.23. The van der Waals surface area contributed by atoms with Crippen LogP contribution in [0.15, 0.2) is 96.4 Å². The minimum Gasteiger partial charge on any atom is -0.497 e. The van der Waals surface area contributed by atoms with Gasteiger partial charge in [-0.25, -0.2) is 0 Å². The number of thiophene rings is 1. The van der Waals surface area contributed by atoms with Crippen LogP contribution in [-0.2, 0) is 10.2 Å². The van der Waals surface area contributed by atoms with Crippen molar-refractivity contribution in [3.05, 3.63) is 118 Å². The zero-order valence-corrected chi connectivity index (χ0v) is 21.9. The molecule has 4 atom stereocenters. The first kappa shape index (κ1) is 23.6. The first-order chi connectivity index (χ1) is 19.1. The van der Waals surface area contributed by atoms with Gasteiger partial charge in [-0.1, -0.05) is 54.6 Å². The number of Topliss-reactive ketones (excluding diaryl/α,β-unsaturated/α-hetero) is 2. The molecule has 1 saturated heterocycles. The SMILES string of the molecule is COc1ccc(C(=O)[C@@H]2[C@H](C(=O)c3cccs3)N3c4ccccc4C=C[C@H]3[C@]23C(=O)Nc2ccccc23)cc1.